The van der Waals surface area contributed by atoms with Gasteiger partial charge in [-0.25, -0.2) is 4.39 Å². The van der Waals surface area contributed by atoms with Gasteiger partial charge in [-0.15, -0.1) is 0 Å². The summed E-state index contributed by atoms with van der Waals surface area (Å²) in [6.45, 7) is 4.01. The molecule has 1 aliphatic heterocycles. The van der Waals surface area contributed by atoms with Crippen LogP contribution in [0.15, 0.2) is 42.6 Å². The fourth-order valence-corrected chi connectivity index (χ4v) is 3.10. The first kappa shape index (κ1) is 19.1. The van der Waals surface area contributed by atoms with Crippen molar-refractivity contribution in [1.29, 1.82) is 0 Å². The number of halogens is 1. The van der Waals surface area contributed by atoms with Gasteiger partial charge in [0, 0.05) is 51.2 Å². The molecular formula is C20H26FN5O. The van der Waals surface area contributed by atoms with Gasteiger partial charge in [-0.2, -0.15) is 0 Å². The number of carbonyl (C=O) groups is 1. The minimum Gasteiger partial charge on any atom is -0.384 e. The van der Waals surface area contributed by atoms with Crippen LogP contribution in [0.2, 0.25) is 0 Å². The second-order valence-electron chi connectivity index (χ2n) is 6.89. The van der Waals surface area contributed by atoms with Crippen LogP contribution in [0.5, 0.6) is 0 Å². The van der Waals surface area contributed by atoms with Crippen molar-refractivity contribution in [1.82, 2.24) is 14.8 Å². The fourth-order valence-electron chi connectivity index (χ4n) is 3.10. The third kappa shape index (κ3) is 4.95. The summed E-state index contributed by atoms with van der Waals surface area (Å²) in [4.78, 5) is 22.9. The molecule has 1 amide bonds. The molecule has 0 spiro atoms. The van der Waals surface area contributed by atoms with Crippen LogP contribution in [-0.2, 0) is 0 Å². The first-order valence-corrected chi connectivity index (χ1v) is 9.18. The van der Waals surface area contributed by atoms with Gasteiger partial charge in [0.2, 0.25) is 0 Å². The lowest BCUT2D eigenvalue weighted by atomic mass is 10.2. The molecule has 3 rings (SSSR count). The van der Waals surface area contributed by atoms with E-state index in [-0.39, 0.29) is 11.7 Å². The van der Waals surface area contributed by atoms with E-state index >= 15 is 0 Å². The Kier molecular flexibility index (Phi) is 6.24. The van der Waals surface area contributed by atoms with E-state index < -0.39 is 0 Å². The zero-order valence-corrected chi connectivity index (χ0v) is 15.9. The summed E-state index contributed by atoms with van der Waals surface area (Å²) < 4.78 is 13.9. The topological polar surface area (TPSA) is 51.7 Å². The molecule has 0 radical (unpaired) electrons. The summed E-state index contributed by atoms with van der Waals surface area (Å²) in [7, 11) is 4.04. The molecule has 1 aromatic carbocycles. The van der Waals surface area contributed by atoms with Crippen molar-refractivity contribution in [3.8, 4) is 0 Å². The normalized spacial score (nSPS) is 14.5. The zero-order chi connectivity index (χ0) is 19.2. The number of hydrogen-bond donors (Lipinski definition) is 1. The molecule has 1 N–H and O–H groups in total. The molecule has 0 bridgehead atoms. The Labute approximate surface area is 159 Å². The maximum absolute atomic E-state index is 13.9. The maximum Gasteiger partial charge on any atom is 0.272 e. The van der Waals surface area contributed by atoms with E-state index in [1.807, 2.05) is 31.1 Å². The third-order valence-corrected chi connectivity index (χ3v) is 4.63. The zero-order valence-electron chi connectivity index (χ0n) is 15.9. The minimum atomic E-state index is -0.226. The van der Waals surface area contributed by atoms with Gasteiger partial charge in [0.05, 0.1) is 5.69 Å². The van der Waals surface area contributed by atoms with Crippen LogP contribution < -0.4 is 10.2 Å². The highest BCUT2D eigenvalue weighted by Crippen LogP contribution is 2.21. The number of nitrogens with zero attached hydrogens (tertiary/aromatic N) is 4. The number of carbonyl (C=O) groups excluding carboxylic acids is 1. The summed E-state index contributed by atoms with van der Waals surface area (Å²) >= 11 is 0. The number of piperazine rings is 1. The average Bonchev–Trinajstić information content (AvgIpc) is 2.68. The Morgan fingerprint density at radius 2 is 1.93 bits per heavy atom. The van der Waals surface area contributed by atoms with E-state index in [1.54, 1.807) is 29.3 Å². The van der Waals surface area contributed by atoms with Crippen LogP contribution in [-0.4, -0.2) is 74.1 Å². The third-order valence-electron chi connectivity index (χ3n) is 4.63. The molecule has 0 atom stereocenters. The van der Waals surface area contributed by atoms with Crippen LogP contribution in [0.25, 0.3) is 0 Å². The number of nitrogens with one attached hydrogen (secondary N) is 1. The monoisotopic (exact) mass is 371 g/mol. The smallest absolute Gasteiger partial charge is 0.272 e. The van der Waals surface area contributed by atoms with Crippen molar-refractivity contribution < 1.29 is 9.18 Å². The van der Waals surface area contributed by atoms with Crippen LogP contribution in [0.1, 0.15) is 10.5 Å². The van der Waals surface area contributed by atoms with E-state index in [0.717, 1.165) is 18.8 Å². The molecule has 2 aromatic rings. The maximum atomic E-state index is 13.9. The van der Waals surface area contributed by atoms with Crippen molar-refractivity contribution in [2.24, 2.45) is 0 Å². The molecular weight excluding hydrogens is 345 g/mol. The summed E-state index contributed by atoms with van der Waals surface area (Å²) in [5.74, 6) is -0.310. The van der Waals surface area contributed by atoms with Gasteiger partial charge in [-0.1, -0.05) is 12.1 Å². The molecule has 0 unspecified atom stereocenters. The van der Waals surface area contributed by atoms with Gasteiger partial charge in [-0.3, -0.25) is 9.78 Å². The summed E-state index contributed by atoms with van der Waals surface area (Å²) in [6.07, 6.45) is 1.65. The van der Waals surface area contributed by atoms with Gasteiger partial charge in [0.1, 0.15) is 11.5 Å². The van der Waals surface area contributed by atoms with Crippen molar-refractivity contribution in [2.45, 2.75) is 0 Å². The van der Waals surface area contributed by atoms with Crippen LogP contribution in [0.3, 0.4) is 0 Å². The number of para-hydroxylation sites is 1. The van der Waals surface area contributed by atoms with Crippen LogP contribution >= 0.6 is 0 Å². The molecule has 2 heterocycles. The molecule has 1 aliphatic rings. The van der Waals surface area contributed by atoms with E-state index in [0.29, 0.717) is 37.6 Å². The van der Waals surface area contributed by atoms with Gasteiger partial charge < -0.3 is 20.0 Å². The van der Waals surface area contributed by atoms with Gasteiger partial charge in [0.25, 0.3) is 5.91 Å². The van der Waals surface area contributed by atoms with Gasteiger partial charge in [0.15, 0.2) is 0 Å². The van der Waals surface area contributed by atoms with Gasteiger partial charge in [-0.05, 0) is 38.4 Å². The second-order valence-corrected chi connectivity index (χ2v) is 6.89. The fraction of sp³-hybridized carbons (Fsp3) is 0.400. The predicted octanol–water partition coefficient (Wildman–Crippen LogP) is 2.16. The highest BCUT2D eigenvalue weighted by atomic mass is 19.1. The Balaban J connectivity index is 1.58. The number of aromatic nitrogens is 1. The minimum absolute atomic E-state index is 0.0838. The van der Waals surface area contributed by atoms with Gasteiger partial charge >= 0.3 is 0 Å². The molecule has 1 saturated heterocycles. The molecule has 0 aliphatic carbocycles. The molecule has 1 aromatic heterocycles. The number of likely N-dealkylation sites (N-methyl/N-ethyl adjacent to an activating group) is 1. The number of pyridine rings is 1. The molecule has 27 heavy (non-hydrogen) atoms. The highest BCUT2D eigenvalue weighted by molar-refractivity contribution is 5.93. The van der Waals surface area contributed by atoms with Crippen molar-refractivity contribution in [2.75, 3.05) is 63.6 Å². The average molecular weight is 371 g/mol. The van der Waals surface area contributed by atoms with Crippen LogP contribution in [0, 0.1) is 5.82 Å². The standard InChI is InChI=1S/C20H26FN5O/c1-24(2)10-9-22-16-7-8-23-18(15-16)20(27)26-13-11-25(12-14-26)19-6-4-3-5-17(19)21/h3-8,15H,9-14H2,1-2H3,(H,22,23). The van der Waals surface area contributed by atoms with Crippen molar-refractivity contribution >= 4 is 17.3 Å². The molecule has 0 saturated carbocycles. The van der Waals surface area contributed by atoms with E-state index in [2.05, 4.69) is 15.2 Å². The number of anilines is 2. The number of amides is 1. The number of benzene rings is 1. The lowest BCUT2D eigenvalue weighted by Gasteiger charge is -2.36. The second kappa shape index (κ2) is 8.81. The van der Waals surface area contributed by atoms with E-state index in [9.17, 15) is 9.18 Å². The molecule has 1 fully saturated rings. The number of hydrogen-bond acceptors (Lipinski definition) is 5. The largest absolute Gasteiger partial charge is 0.384 e. The summed E-state index contributed by atoms with van der Waals surface area (Å²) in [5.41, 5.74) is 1.92. The Morgan fingerprint density at radius 3 is 2.63 bits per heavy atom. The Morgan fingerprint density at radius 1 is 1.19 bits per heavy atom. The number of rotatable bonds is 6. The quantitative estimate of drug-likeness (QED) is 0.843. The summed E-state index contributed by atoms with van der Waals surface area (Å²) in [6, 6.07) is 10.4. The molecule has 7 heteroatoms. The lowest BCUT2D eigenvalue weighted by molar-refractivity contribution is 0.0741. The highest BCUT2D eigenvalue weighted by Gasteiger charge is 2.24. The van der Waals surface area contributed by atoms with Crippen molar-refractivity contribution in [3.05, 3.63) is 54.1 Å². The van der Waals surface area contributed by atoms with E-state index in [1.165, 1.54) is 6.07 Å². The van der Waals surface area contributed by atoms with Crippen LogP contribution in [0.4, 0.5) is 15.8 Å². The first-order valence-electron chi connectivity index (χ1n) is 9.18. The Hall–Kier alpha value is -2.67. The Bertz CT molecular complexity index is 774. The molecule has 144 valence electrons. The SMILES string of the molecule is CN(C)CCNc1ccnc(C(=O)N2CCN(c3ccccc3F)CC2)c1. The van der Waals surface area contributed by atoms with E-state index in [4.69, 9.17) is 0 Å². The predicted molar refractivity (Wildman–Crippen MR) is 106 cm³/mol. The molecule has 6 nitrogen and oxygen atoms in total. The first-order chi connectivity index (χ1) is 13.0. The summed E-state index contributed by atoms with van der Waals surface area (Å²) in [5, 5.41) is 3.31. The van der Waals surface area contributed by atoms with Crippen molar-refractivity contribution in [3.63, 3.8) is 0 Å². The lowest BCUT2D eigenvalue weighted by Crippen LogP contribution is -2.49.